The topological polar surface area (TPSA) is 50.7 Å². The molecule has 21 heavy (non-hydrogen) atoms. The van der Waals surface area contributed by atoms with Crippen molar-refractivity contribution < 1.29 is 18.3 Å². The van der Waals surface area contributed by atoms with Crippen molar-refractivity contribution in [2.24, 2.45) is 5.10 Å². The van der Waals surface area contributed by atoms with Gasteiger partial charge in [-0.1, -0.05) is 18.2 Å². The molecule has 108 valence electrons. The first-order valence-electron chi connectivity index (χ1n) is 6.03. The molecule has 0 aliphatic rings. The van der Waals surface area contributed by atoms with Crippen LogP contribution in [0, 0.1) is 11.6 Å². The summed E-state index contributed by atoms with van der Waals surface area (Å²) < 4.78 is 31.3. The molecule has 6 heteroatoms. The highest BCUT2D eigenvalue weighted by atomic mass is 19.2. The van der Waals surface area contributed by atoms with Crippen molar-refractivity contribution in [3.8, 4) is 5.75 Å². The second-order valence-electron chi connectivity index (χ2n) is 4.07. The first-order valence-corrected chi connectivity index (χ1v) is 6.03. The SMILES string of the molecule is COc1cccc(C(=O)N/N=C\c2cccc(F)c2F)c1. The predicted molar refractivity (Wildman–Crippen MR) is 74.4 cm³/mol. The summed E-state index contributed by atoms with van der Waals surface area (Å²) in [7, 11) is 1.49. The Morgan fingerprint density at radius 2 is 2.00 bits per heavy atom. The number of hydrogen-bond acceptors (Lipinski definition) is 3. The van der Waals surface area contributed by atoms with E-state index in [1.807, 2.05) is 0 Å². The molecule has 0 saturated heterocycles. The summed E-state index contributed by atoms with van der Waals surface area (Å²) >= 11 is 0. The van der Waals surface area contributed by atoms with Crippen LogP contribution in [0.15, 0.2) is 47.6 Å². The molecule has 0 saturated carbocycles. The van der Waals surface area contributed by atoms with Crippen molar-refractivity contribution in [3.63, 3.8) is 0 Å². The first-order chi connectivity index (χ1) is 10.1. The fourth-order valence-corrected chi connectivity index (χ4v) is 1.61. The van der Waals surface area contributed by atoms with Crippen LogP contribution < -0.4 is 10.2 Å². The molecule has 0 atom stereocenters. The van der Waals surface area contributed by atoms with Gasteiger partial charge in [-0.2, -0.15) is 5.10 Å². The number of carbonyl (C=O) groups is 1. The van der Waals surface area contributed by atoms with Gasteiger partial charge in [0.15, 0.2) is 11.6 Å². The molecule has 0 aromatic heterocycles. The maximum absolute atomic E-state index is 13.4. The molecule has 0 aliphatic carbocycles. The maximum Gasteiger partial charge on any atom is 0.271 e. The van der Waals surface area contributed by atoms with Crippen molar-refractivity contribution in [1.82, 2.24) is 5.43 Å². The molecule has 1 N–H and O–H groups in total. The summed E-state index contributed by atoms with van der Waals surface area (Å²) in [4.78, 5) is 11.8. The lowest BCUT2D eigenvalue weighted by atomic mass is 10.2. The van der Waals surface area contributed by atoms with E-state index >= 15 is 0 Å². The summed E-state index contributed by atoms with van der Waals surface area (Å²) in [6, 6.07) is 10.2. The van der Waals surface area contributed by atoms with Gasteiger partial charge < -0.3 is 4.74 Å². The van der Waals surface area contributed by atoms with Crippen molar-refractivity contribution in [3.05, 3.63) is 65.2 Å². The van der Waals surface area contributed by atoms with Gasteiger partial charge in [0.25, 0.3) is 5.91 Å². The zero-order valence-corrected chi connectivity index (χ0v) is 11.1. The van der Waals surface area contributed by atoms with Gasteiger partial charge in [0.2, 0.25) is 0 Å². The Labute approximate surface area is 120 Å². The van der Waals surface area contributed by atoms with Crippen LogP contribution in [0.5, 0.6) is 5.75 Å². The number of benzene rings is 2. The Balaban J connectivity index is 2.06. The maximum atomic E-state index is 13.4. The molecule has 0 fully saturated rings. The smallest absolute Gasteiger partial charge is 0.271 e. The molecule has 1 amide bonds. The molecule has 2 aromatic rings. The highest BCUT2D eigenvalue weighted by Crippen LogP contribution is 2.12. The van der Waals surface area contributed by atoms with Gasteiger partial charge in [-0.25, -0.2) is 14.2 Å². The Bertz CT molecular complexity index is 687. The minimum absolute atomic E-state index is 0.0547. The van der Waals surface area contributed by atoms with E-state index in [9.17, 15) is 13.6 Å². The number of amides is 1. The normalized spacial score (nSPS) is 10.6. The molecular formula is C15H12F2N2O2. The van der Waals surface area contributed by atoms with Crippen LogP contribution in [-0.2, 0) is 0 Å². The van der Waals surface area contributed by atoms with Crippen LogP contribution >= 0.6 is 0 Å². The van der Waals surface area contributed by atoms with E-state index in [1.54, 1.807) is 18.2 Å². The van der Waals surface area contributed by atoms with Crippen molar-refractivity contribution in [1.29, 1.82) is 0 Å². The lowest BCUT2D eigenvalue weighted by Crippen LogP contribution is -2.17. The summed E-state index contributed by atoms with van der Waals surface area (Å²) in [5, 5.41) is 3.60. The molecular weight excluding hydrogens is 278 g/mol. The van der Waals surface area contributed by atoms with E-state index in [4.69, 9.17) is 4.74 Å². The molecule has 2 rings (SSSR count). The first kappa shape index (κ1) is 14.6. The van der Waals surface area contributed by atoms with Crippen molar-refractivity contribution >= 4 is 12.1 Å². The van der Waals surface area contributed by atoms with Crippen LogP contribution in [0.25, 0.3) is 0 Å². The van der Waals surface area contributed by atoms with Gasteiger partial charge in [-0.3, -0.25) is 4.79 Å². The number of rotatable bonds is 4. The van der Waals surface area contributed by atoms with Gasteiger partial charge >= 0.3 is 0 Å². The zero-order valence-electron chi connectivity index (χ0n) is 11.1. The summed E-state index contributed by atoms with van der Waals surface area (Å²) in [5.41, 5.74) is 2.52. The van der Waals surface area contributed by atoms with E-state index in [0.717, 1.165) is 12.3 Å². The molecule has 0 unspecified atom stereocenters. The monoisotopic (exact) mass is 290 g/mol. The Morgan fingerprint density at radius 3 is 2.76 bits per heavy atom. The van der Waals surface area contributed by atoms with Gasteiger partial charge in [0, 0.05) is 11.1 Å². The molecule has 4 nitrogen and oxygen atoms in total. The summed E-state index contributed by atoms with van der Waals surface area (Å²) in [6.45, 7) is 0. The fraction of sp³-hybridized carbons (Fsp3) is 0.0667. The number of hydrazone groups is 1. The van der Waals surface area contributed by atoms with Gasteiger partial charge in [0.05, 0.1) is 13.3 Å². The van der Waals surface area contributed by atoms with E-state index in [0.29, 0.717) is 11.3 Å². The minimum Gasteiger partial charge on any atom is -0.497 e. The third-order valence-corrected chi connectivity index (χ3v) is 2.68. The van der Waals surface area contributed by atoms with Gasteiger partial charge in [-0.05, 0) is 24.3 Å². The molecule has 0 spiro atoms. The fourth-order valence-electron chi connectivity index (χ4n) is 1.61. The lowest BCUT2D eigenvalue weighted by Gasteiger charge is -2.03. The summed E-state index contributed by atoms with van der Waals surface area (Å²) in [5.74, 6) is -1.94. The Morgan fingerprint density at radius 1 is 1.24 bits per heavy atom. The Kier molecular flexibility index (Phi) is 4.61. The number of ether oxygens (including phenoxy) is 1. The largest absolute Gasteiger partial charge is 0.497 e. The third kappa shape index (κ3) is 3.62. The zero-order chi connectivity index (χ0) is 15.2. The van der Waals surface area contributed by atoms with Crippen molar-refractivity contribution in [2.45, 2.75) is 0 Å². The van der Waals surface area contributed by atoms with E-state index in [-0.39, 0.29) is 5.56 Å². The van der Waals surface area contributed by atoms with E-state index in [1.165, 1.54) is 25.3 Å². The number of nitrogens with zero attached hydrogens (tertiary/aromatic N) is 1. The van der Waals surface area contributed by atoms with E-state index < -0.39 is 17.5 Å². The molecule has 0 heterocycles. The van der Waals surface area contributed by atoms with Crippen LogP contribution in [0.4, 0.5) is 8.78 Å². The number of hydrogen-bond donors (Lipinski definition) is 1. The standard InChI is InChI=1S/C15H12F2N2O2/c1-21-12-6-2-4-10(8-12)15(20)19-18-9-11-5-3-7-13(16)14(11)17/h2-9H,1H3,(H,19,20)/b18-9-. The van der Waals surface area contributed by atoms with Crippen LogP contribution in [-0.4, -0.2) is 19.2 Å². The van der Waals surface area contributed by atoms with Gasteiger partial charge in [0.1, 0.15) is 5.75 Å². The van der Waals surface area contributed by atoms with Crippen LogP contribution in [0.3, 0.4) is 0 Å². The molecule has 0 bridgehead atoms. The lowest BCUT2D eigenvalue weighted by molar-refractivity contribution is 0.0955. The number of halogens is 2. The average molecular weight is 290 g/mol. The average Bonchev–Trinajstić information content (AvgIpc) is 2.51. The van der Waals surface area contributed by atoms with Gasteiger partial charge in [-0.15, -0.1) is 0 Å². The summed E-state index contributed by atoms with van der Waals surface area (Å²) in [6.07, 6.45) is 1.04. The highest BCUT2D eigenvalue weighted by molar-refractivity contribution is 5.95. The minimum atomic E-state index is -1.02. The third-order valence-electron chi connectivity index (χ3n) is 2.68. The van der Waals surface area contributed by atoms with Crippen LogP contribution in [0.1, 0.15) is 15.9 Å². The number of carbonyl (C=O) groups excluding carboxylic acids is 1. The number of nitrogens with one attached hydrogen (secondary N) is 1. The highest BCUT2D eigenvalue weighted by Gasteiger charge is 2.07. The Hall–Kier alpha value is -2.76. The molecule has 2 aromatic carbocycles. The molecule has 0 radical (unpaired) electrons. The second kappa shape index (κ2) is 6.60. The number of methoxy groups -OCH3 is 1. The van der Waals surface area contributed by atoms with Crippen molar-refractivity contribution in [2.75, 3.05) is 7.11 Å². The quantitative estimate of drug-likeness (QED) is 0.695. The second-order valence-corrected chi connectivity index (χ2v) is 4.07. The molecule has 0 aliphatic heterocycles. The predicted octanol–water partition coefficient (Wildman–Crippen LogP) is 2.74. The van der Waals surface area contributed by atoms with E-state index in [2.05, 4.69) is 10.5 Å². The van der Waals surface area contributed by atoms with Crippen LogP contribution in [0.2, 0.25) is 0 Å².